The van der Waals surface area contributed by atoms with Crippen molar-refractivity contribution in [3.8, 4) is 5.75 Å². The largest absolute Gasteiger partial charge is 0.492 e. The third-order valence-corrected chi connectivity index (χ3v) is 2.99. The Kier molecular flexibility index (Phi) is 3.25. The molecular formula is C13H17NO2. The number of ether oxygens (including phenoxy) is 1. The first-order valence-corrected chi connectivity index (χ1v) is 5.75. The molecule has 86 valence electrons. The smallest absolute Gasteiger partial charge is 0.168 e. The lowest BCUT2D eigenvalue weighted by Gasteiger charge is -2.10. The Balaban J connectivity index is 2.21. The van der Waals surface area contributed by atoms with Gasteiger partial charge in [0.05, 0.1) is 12.2 Å². The monoisotopic (exact) mass is 219 g/mol. The Bertz CT molecular complexity index is 401. The summed E-state index contributed by atoms with van der Waals surface area (Å²) in [5.74, 6) is 0.865. The van der Waals surface area contributed by atoms with Crippen LogP contribution in [0.1, 0.15) is 35.7 Å². The molecule has 0 aliphatic carbocycles. The van der Waals surface area contributed by atoms with Crippen LogP contribution in [0.15, 0.2) is 18.2 Å². The van der Waals surface area contributed by atoms with Gasteiger partial charge < -0.3 is 10.5 Å². The van der Waals surface area contributed by atoms with E-state index in [0.29, 0.717) is 18.6 Å². The van der Waals surface area contributed by atoms with Crippen molar-refractivity contribution in [3.05, 3.63) is 29.3 Å². The van der Waals surface area contributed by atoms with E-state index >= 15 is 0 Å². The number of fused-ring (bicyclic) bond motifs is 1. The maximum atomic E-state index is 12.0. The molecule has 1 aliphatic rings. The number of rotatable bonds is 4. The number of carbonyl (C=O) groups is 1. The molecule has 0 spiro atoms. The minimum absolute atomic E-state index is 0.0511. The summed E-state index contributed by atoms with van der Waals surface area (Å²) in [5.41, 5.74) is 7.62. The van der Waals surface area contributed by atoms with Crippen molar-refractivity contribution >= 4 is 5.78 Å². The van der Waals surface area contributed by atoms with Crippen molar-refractivity contribution in [2.75, 3.05) is 6.61 Å². The van der Waals surface area contributed by atoms with Crippen LogP contribution in [0.5, 0.6) is 5.75 Å². The number of benzene rings is 1. The molecule has 3 nitrogen and oxygen atoms in total. The fourth-order valence-corrected chi connectivity index (χ4v) is 1.93. The van der Waals surface area contributed by atoms with Gasteiger partial charge in [-0.05, 0) is 18.1 Å². The van der Waals surface area contributed by atoms with Crippen LogP contribution in [0.25, 0.3) is 0 Å². The zero-order valence-electron chi connectivity index (χ0n) is 9.53. The van der Waals surface area contributed by atoms with Gasteiger partial charge in [-0.3, -0.25) is 4.79 Å². The number of nitrogens with two attached hydrogens (primary N) is 1. The second kappa shape index (κ2) is 4.66. The molecule has 16 heavy (non-hydrogen) atoms. The van der Waals surface area contributed by atoms with E-state index in [0.717, 1.165) is 24.2 Å². The van der Waals surface area contributed by atoms with Crippen LogP contribution in [-0.2, 0) is 6.42 Å². The Morgan fingerprint density at radius 2 is 2.38 bits per heavy atom. The number of carbonyl (C=O) groups excluding carboxylic acids is 1. The van der Waals surface area contributed by atoms with E-state index in [1.54, 1.807) is 0 Å². The zero-order valence-corrected chi connectivity index (χ0v) is 9.53. The van der Waals surface area contributed by atoms with Crippen LogP contribution < -0.4 is 10.5 Å². The highest BCUT2D eigenvalue weighted by Gasteiger charge is 2.21. The lowest BCUT2D eigenvalue weighted by molar-refractivity contribution is 0.0971. The molecule has 0 saturated heterocycles. The summed E-state index contributed by atoms with van der Waals surface area (Å²) in [6.45, 7) is 2.67. The van der Waals surface area contributed by atoms with Gasteiger partial charge in [-0.2, -0.15) is 0 Å². The van der Waals surface area contributed by atoms with Gasteiger partial charge in [0.25, 0.3) is 0 Å². The molecular weight excluding hydrogens is 202 g/mol. The Morgan fingerprint density at radius 1 is 1.56 bits per heavy atom. The second-order valence-corrected chi connectivity index (χ2v) is 4.19. The Hall–Kier alpha value is -1.35. The van der Waals surface area contributed by atoms with Crippen molar-refractivity contribution < 1.29 is 9.53 Å². The summed E-state index contributed by atoms with van der Waals surface area (Å²) in [4.78, 5) is 12.0. The first-order valence-electron chi connectivity index (χ1n) is 5.75. The highest BCUT2D eigenvalue weighted by Crippen LogP contribution is 2.30. The standard InChI is InChI=1S/C13H17NO2/c1-2-10(14)8-12(15)11-5-3-4-9-6-7-16-13(9)11/h3-5,10H,2,6-8,14H2,1H3. The molecule has 1 unspecified atom stereocenters. The number of ketones is 1. The Labute approximate surface area is 95.6 Å². The summed E-state index contributed by atoms with van der Waals surface area (Å²) >= 11 is 0. The van der Waals surface area contributed by atoms with Gasteiger partial charge in [0, 0.05) is 18.9 Å². The molecule has 0 aromatic heterocycles. The molecule has 1 heterocycles. The second-order valence-electron chi connectivity index (χ2n) is 4.19. The summed E-state index contributed by atoms with van der Waals surface area (Å²) in [5, 5.41) is 0. The van der Waals surface area contributed by atoms with Gasteiger partial charge in [0.1, 0.15) is 5.75 Å². The lowest BCUT2D eigenvalue weighted by Crippen LogP contribution is -2.22. The van der Waals surface area contributed by atoms with Crippen LogP contribution in [0.3, 0.4) is 0 Å². The fraction of sp³-hybridized carbons (Fsp3) is 0.462. The SMILES string of the molecule is CCC(N)CC(=O)c1cccc2c1OCC2. The average Bonchev–Trinajstić information content (AvgIpc) is 2.76. The van der Waals surface area contributed by atoms with Crippen molar-refractivity contribution in [2.24, 2.45) is 5.73 Å². The van der Waals surface area contributed by atoms with Crippen molar-refractivity contribution in [1.29, 1.82) is 0 Å². The molecule has 0 radical (unpaired) electrons. The van der Waals surface area contributed by atoms with Crippen molar-refractivity contribution in [2.45, 2.75) is 32.2 Å². The maximum absolute atomic E-state index is 12.0. The third-order valence-electron chi connectivity index (χ3n) is 2.99. The van der Waals surface area contributed by atoms with Gasteiger partial charge >= 0.3 is 0 Å². The van der Waals surface area contributed by atoms with Gasteiger partial charge in [0.15, 0.2) is 5.78 Å². The first kappa shape index (κ1) is 11.1. The molecule has 1 aliphatic heterocycles. The number of hydrogen-bond donors (Lipinski definition) is 1. The predicted octanol–water partition coefficient (Wildman–Crippen LogP) is 1.93. The number of Topliss-reactive ketones (excluding diaryl/α,β-unsaturated/α-hetero) is 1. The molecule has 0 bridgehead atoms. The highest BCUT2D eigenvalue weighted by atomic mass is 16.5. The van der Waals surface area contributed by atoms with E-state index in [9.17, 15) is 4.79 Å². The number of hydrogen-bond acceptors (Lipinski definition) is 3. The van der Waals surface area contributed by atoms with Crippen LogP contribution in [0, 0.1) is 0 Å². The molecule has 2 rings (SSSR count). The molecule has 0 fully saturated rings. The Morgan fingerprint density at radius 3 is 3.12 bits per heavy atom. The van der Waals surface area contributed by atoms with E-state index in [1.807, 2.05) is 25.1 Å². The van der Waals surface area contributed by atoms with Crippen molar-refractivity contribution in [1.82, 2.24) is 0 Å². The average molecular weight is 219 g/mol. The fourth-order valence-electron chi connectivity index (χ4n) is 1.93. The lowest BCUT2D eigenvalue weighted by atomic mass is 9.99. The normalized spacial score (nSPS) is 15.4. The third kappa shape index (κ3) is 2.09. The number of para-hydroxylation sites is 1. The van der Waals surface area contributed by atoms with Crippen LogP contribution >= 0.6 is 0 Å². The van der Waals surface area contributed by atoms with Crippen molar-refractivity contribution in [3.63, 3.8) is 0 Å². The molecule has 0 saturated carbocycles. The van der Waals surface area contributed by atoms with E-state index < -0.39 is 0 Å². The minimum atomic E-state index is -0.0511. The zero-order chi connectivity index (χ0) is 11.5. The van der Waals surface area contributed by atoms with E-state index in [4.69, 9.17) is 10.5 Å². The van der Waals surface area contributed by atoms with Gasteiger partial charge in [0.2, 0.25) is 0 Å². The minimum Gasteiger partial charge on any atom is -0.492 e. The predicted molar refractivity (Wildman–Crippen MR) is 62.9 cm³/mol. The topological polar surface area (TPSA) is 52.3 Å². The summed E-state index contributed by atoms with van der Waals surface area (Å²) < 4.78 is 5.50. The first-order chi connectivity index (χ1) is 7.72. The van der Waals surface area contributed by atoms with Crippen LogP contribution in [0.2, 0.25) is 0 Å². The van der Waals surface area contributed by atoms with Crippen LogP contribution in [-0.4, -0.2) is 18.4 Å². The van der Waals surface area contributed by atoms with Crippen LogP contribution in [0.4, 0.5) is 0 Å². The molecule has 3 heteroatoms. The molecule has 2 N–H and O–H groups in total. The molecule has 1 aromatic rings. The van der Waals surface area contributed by atoms with Gasteiger partial charge in [-0.25, -0.2) is 0 Å². The van der Waals surface area contributed by atoms with Gasteiger partial charge in [-0.1, -0.05) is 19.1 Å². The maximum Gasteiger partial charge on any atom is 0.168 e. The van der Waals surface area contributed by atoms with Gasteiger partial charge in [-0.15, -0.1) is 0 Å². The van der Waals surface area contributed by atoms with E-state index in [2.05, 4.69) is 0 Å². The molecule has 0 amide bonds. The molecule has 1 atom stereocenters. The quantitative estimate of drug-likeness (QED) is 0.787. The summed E-state index contributed by atoms with van der Waals surface area (Å²) in [7, 11) is 0. The van der Waals surface area contributed by atoms with E-state index in [-0.39, 0.29) is 11.8 Å². The summed E-state index contributed by atoms with van der Waals surface area (Å²) in [6.07, 6.45) is 2.12. The highest BCUT2D eigenvalue weighted by molar-refractivity contribution is 5.99. The van der Waals surface area contributed by atoms with E-state index in [1.165, 1.54) is 0 Å². The summed E-state index contributed by atoms with van der Waals surface area (Å²) in [6, 6.07) is 5.70. The molecule has 1 aromatic carbocycles.